The van der Waals surface area contributed by atoms with Gasteiger partial charge in [0.2, 0.25) is 5.91 Å². The summed E-state index contributed by atoms with van der Waals surface area (Å²) >= 11 is 0. The Bertz CT molecular complexity index is 281. The van der Waals surface area contributed by atoms with Crippen LogP contribution in [0.5, 0.6) is 0 Å². The number of nitrogens with zero attached hydrogens (tertiary/aromatic N) is 2. The first-order valence-electron chi connectivity index (χ1n) is 5.94. The summed E-state index contributed by atoms with van der Waals surface area (Å²) in [6.07, 6.45) is 0.479. The van der Waals surface area contributed by atoms with Crippen molar-refractivity contribution in [2.24, 2.45) is 17.2 Å². The number of nitriles is 1. The molecular formula is C12H24N4O. The van der Waals surface area contributed by atoms with Crippen LogP contribution in [0.3, 0.4) is 0 Å². The van der Waals surface area contributed by atoms with Crippen LogP contribution in [0.15, 0.2) is 0 Å². The highest BCUT2D eigenvalue weighted by Crippen LogP contribution is 2.18. The van der Waals surface area contributed by atoms with Gasteiger partial charge < -0.3 is 4.90 Å². The fraction of sp³-hybridized carbons (Fsp3) is 0.833. The van der Waals surface area contributed by atoms with Gasteiger partial charge in [0.05, 0.1) is 11.5 Å². The number of carbonyl (C=O) groups excluding carboxylic acids is 1. The maximum Gasteiger partial charge on any atom is 0.240 e. The zero-order valence-electron chi connectivity index (χ0n) is 11.3. The molecule has 5 heteroatoms. The summed E-state index contributed by atoms with van der Waals surface area (Å²) in [6, 6.07) is 2.13. The molecule has 0 saturated carbocycles. The normalized spacial score (nSPS) is 11.6. The van der Waals surface area contributed by atoms with Gasteiger partial charge in [-0.2, -0.15) is 5.26 Å². The average molecular weight is 240 g/mol. The molecule has 3 N–H and O–H groups in total. The molecule has 0 spiro atoms. The fourth-order valence-electron chi connectivity index (χ4n) is 1.79. The lowest BCUT2D eigenvalue weighted by Gasteiger charge is -2.31. The third-order valence-corrected chi connectivity index (χ3v) is 2.53. The van der Waals surface area contributed by atoms with Crippen LogP contribution in [-0.2, 0) is 4.79 Å². The topological polar surface area (TPSA) is 82.2 Å². The molecule has 0 saturated heterocycles. The number of hydrogen-bond donors (Lipinski definition) is 2. The van der Waals surface area contributed by atoms with E-state index < -0.39 is 5.41 Å². The van der Waals surface area contributed by atoms with Crippen LogP contribution >= 0.6 is 0 Å². The Morgan fingerprint density at radius 2 is 2.12 bits per heavy atom. The zero-order chi connectivity index (χ0) is 13.5. The van der Waals surface area contributed by atoms with Crippen LogP contribution in [0, 0.1) is 22.7 Å². The number of carbonyl (C=O) groups is 1. The van der Waals surface area contributed by atoms with Gasteiger partial charge in [-0.15, -0.1) is 0 Å². The third kappa shape index (κ3) is 6.25. The lowest BCUT2D eigenvalue weighted by Crippen LogP contribution is -2.48. The highest BCUT2D eigenvalue weighted by Gasteiger charge is 2.29. The van der Waals surface area contributed by atoms with Crippen molar-refractivity contribution in [3.8, 4) is 6.07 Å². The standard InChI is InChI=1S/C12H24N4O/c1-10(2)8-16(7-5-6-13)9-12(3,4)11(17)15-14/h10H,5,7-9,14H2,1-4H3,(H,15,17). The molecule has 0 aromatic rings. The quantitative estimate of drug-likeness (QED) is 0.393. The van der Waals surface area contributed by atoms with Gasteiger partial charge in [0.1, 0.15) is 0 Å². The molecule has 1 amide bonds. The van der Waals surface area contributed by atoms with E-state index in [1.54, 1.807) is 0 Å². The summed E-state index contributed by atoms with van der Waals surface area (Å²) in [5.41, 5.74) is 1.65. The van der Waals surface area contributed by atoms with Crippen LogP contribution in [0.2, 0.25) is 0 Å². The van der Waals surface area contributed by atoms with E-state index in [0.29, 0.717) is 25.4 Å². The largest absolute Gasteiger partial charge is 0.301 e. The van der Waals surface area contributed by atoms with Crippen molar-refractivity contribution in [2.75, 3.05) is 19.6 Å². The minimum Gasteiger partial charge on any atom is -0.301 e. The molecule has 5 nitrogen and oxygen atoms in total. The predicted molar refractivity (Wildman–Crippen MR) is 67.6 cm³/mol. The van der Waals surface area contributed by atoms with Crippen molar-refractivity contribution >= 4 is 5.91 Å². The maximum atomic E-state index is 11.6. The van der Waals surface area contributed by atoms with Crippen LogP contribution in [0.1, 0.15) is 34.1 Å². The van der Waals surface area contributed by atoms with E-state index in [4.69, 9.17) is 11.1 Å². The molecule has 0 aromatic carbocycles. The summed E-state index contributed by atoms with van der Waals surface area (Å²) < 4.78 is 0. The van der Waals surface area contributed by atoms with E-state index in [2.05, 4.69) is 30.2 Å². The van der Waals surface area contributed by atoms with Crippen molar-refractivity contribution in [3.05, 3.63) is 0 Å². The number of hydrazine groups is 1. The monoisotopic (exact) mass is 240 g/mol. The minimum absolute atomic E-state index is 0.178. The van der Waals surface area contributed by atoms with Crippen LogP contribution < -0.4 is 11.3 Å². The molecule has 0 atom stereocenters. The van der Waals surface area contributed by atoms with Gasteiger partial charge in [0, 0.05) is 26.1 Å². The highest BCUT2D eigenvalue weighted by molar-refractivity contribution is 5.81. The van der Waals surface area contributed by atoms with Crippen molar-refractivity contribution < 1.29 is 4.79 Å². The molecule has 0 radical (unpaired) electrons. The molecule has 0 fully saturated rings. The Morgan fingerprint density at radius 1 is 1.53 bits per heavy atom. The van der Waals surface area contributed by atoms with E-state index in [9.17, 15) is 4.79 Å². The second-order valence-electron chi connectivity index (χ2n) is 5.39. The summed E-state index contributed by atoms with van der Waals surface area (Å²) in [6.45, 7) is 10.1. The van der Waals surface area contributed by atoms with Gasteiger partial charge >= 0.3 is 0 Å². The Labute approximate surface area is 104 Å². The lowest BCUT2D eigenvalue weighted by atomic mass is 9.91. The molecule has 0 heterocycles. The maximum absolute atomic E-state index is 11.6. The van der Waals surface area contributed by atoms with Crippen LogP contribution in [0.4, 0.5) is 0 Å². The first kappa shape index (κ1) is 15.9. The van der Waals surface area contributed by atoms with Gasteiger partial charge in [-0.3, -0.25) is 10.2 Å². The van der Waals surface area contributed by atoms with Crippen LogP contribution in [0.25, 0.3) is 0 Å². The second kappa shape index (κ2) is 7.25. The summed E-state index contributed by atoms with van der Waals surface area (Å²) in [5, 5.41) is 8.63. The molecule has 0 bridgehead atoms. The fourth-order valence-corrected chi connectivity index (χ4v) is 1.79. The van der Waals surface area contributed by atoms with Crippen LogP contribution in [-0.4, -0.2) is 30.4 Å². The molecule has 0 aliphatic rings. The number of amides is 1. The van der Waals surface area contributed by atoms with Gasteiger partial charge in [-0.05, 0) is 19.8 Å². The average Bonchev–Trinajstić information content (AvgIpc) is 2.23. The molecule has 98 valence electrons. The van der Waals surface area contributed by atoms with Crippen molar-refractivity contribution in [3.63, 3.8) is 0 Å². The summed E-state index contributed by atoms with van der Waals surface area (Å²) in [4.78, 5) is 13.7. The SMILES string of the molecule is CC(C)CN(CCC#N)CC(C)(C)C(=O)NN. The van der Waals surface area contributed by atoms with E-state index >= 15 is 0 Å². The first-order chi connectivity index (χ1) is 7.83. The Morgan fingerprint density at radius 3 is 2.53 bits per heavy atom. The molecule has 0 rings (SSSR count). The Balaban J connectivity index is 4.50. The number of hydrogen-bond acceptors (Lipinski definition) is 4. The molecule has 17 heavy (non-hydrogen) atoms. The zero-order valence-corrected chi connectivity index (χ0v) is 11.3. The van der Waals surface area contributed by atoms with Gasteiger partial charge in [0.25, 0.3) is 0 Å². The lowest BCUT2D eigenvalue weighted by molar-refractivity contribution is -0.130. The van der Waals surface area contributed by atoms with Gasteiger partial charge in [0.15, 0.2) is 0 Å². The Kier molecular flexibility index (Phi) is 6.78. The minimum atomic E-state index is -0.543. The third-order valence-electron chi connectivity index (χ3n) is 2.53. The van der Waals surface area contributed by atoms with E-state index in [-0.39, 0.29) is 5.91 Å². The molecule has 0 aliphatic heterocycles. The molecular weight excluding hydrogens is 216 g/mol. The molecule has 0 aromatic heterocycles. The van der Waals surface area contributed by atoms with Crippen molar-refractivity contribution in [2.45, 2.75) is 34.1 Å². The summed E-state index contributed by atoms with van der Waals surface area (Å²) in [7, 11) is 0. The number of rotatable bonds is 7. The van der Waals surface area contributed by atoms with Gasteiger partial charge in [-0.25, -0.2) is 5.84 Å². The van der Waals surface area contributed by atoms with E-state index in [0.717, 1.165) is 6.54 Å². The first-order valence-corrected chi connectivity index (χ1v) is 5.94. The van der Waals surface area contributed by atoms with E-state index in [1.807, 2.05) is 13.8 Å². The molecule has 0 aliphatic carbocycles. The van der Waals surface area contributed by atoms with Crippen molar-refractivity contribution in [1.82, 2.24) is 10.3 Å². The smallest absolute Gasteiger partial charge is 0.240 e. The second-order valence-corrected chi connectivity index (χ2v) is 5.39. The number of nitrogens with one attached hydrogen (secondary N) is 1. The summed E-state index contributed by atoms with van der Waals surface area (Å²) in [5.74, 6) is 5.49. The van der Waals surface area contributed by atoms with Gasteiger partial charge in [-0.1, -0.05) is 13.8 Å². The van der Waals surface area contributed by atoms with E-state index in [1.165, 1.54) is 0 Å². The Hall–Kier alpha value is -1.12. The predicted octanol–water partition coefficient (Wildman–Crippen LogP) is 0.874. The highest BCUT2D eigenvalue weighted by atomic mass is 16.2. The number of nitrogens with two attached hydrogens (primary N) is 1. The van der Waals surface area contributed by atoms with Crippen molar-refractivity contribution in [1.29, 1.82) is 5.26 Å². The molecule has 0 unspecified atom stereocenters.